The quantitative estimate of drug-likeness (QED) is 0.766. The third kappa shape index (κ3) is 2.49. The minimum atomic E-state index is -0.207. The van der Waals surface area contributed by atoms with Gasteiger partial charge in [-0.05, 0) is 12.1 Å². The molecule has 2 N–H and O–H groups in total. The molecule has 0 aromatic carbocycles. The Kier molecular flexibility index (Phi) is 3.91. The second kappa shape index (κ2) is 5.61. The fourth-order valence-corrected chi connectivity index (χ4v) is 1.79. The first kappa shape index (κ1) is 12.5. The summed E-state index contributed by atoms with van der Waals surface area (Å²) in [7, 11) is 0. The summed E-state index contributed by atoms with van der Waals surface area (Å²) in [6, 6.07) is 3.43. The third-order valence-electron chi connectivity index (χ3n) is 2.69. The summed E-state index contributed by atoms with van der Waals surface area (Å²) in [6.45, 7) is 0.176. The van der Waals surface area contributed by atoms with Gasteiger partial charge in [-0.25, -0.2) is 4.98 Å². The number of aromatic nitrogens is 2. The molecule has 0 radical (unpaired) electrons. The van der Waals surface area contributed by atoms with E-state index >= 15 is 0 Å². The molecule has 96 valence electrons. The number of aliphatic hydroxyl groups excluding tert-OH is 2. The van der Waals surface area contributed by atoms with Crippen LogP contribution in [-0.2, 0) is 0 Å². The largest absolute Gasteiger partial charge is 0.395 e. The number of fused-ring (bicyclic) bond motifs is 1. The highest BCUT2D eigenvalue weighted by atomic mass is 16.3. The van der Waals surface area contributed by atoms with Crippen molar-refractivity contribution in [2.45, 2.75) is 0 Å². The average Bonchev–Trinajstić information content (AvgIpc) is 2.84. The van der Waals surface area contributed by atoms with E-state index in [0.717, 1.165) is 5.52 Å². The first-order valence-corrected chi connectivity index (χ1v) is 5.69. The number of carbonyl (C=O) groups excluding carboxylic acids is 1. The van der Waals surface area contributed by atoms with Gasteiger partial charge in [-0.15, -0.1) is 0 Å². The van der Waals surface area contributed by atoms with Crippen LogP contribution in [0.3, 0.4) is 0 Å². The van der Waals surface area contributed by atoms with Gasteiger partial charge in [0.1, 0.15) is 0 Å². The SMILES string of the molecule is O=C(c1ccn2cncc2c1)N(CCO)CCO. The zero-order valence-electron chi connectivity index (χ0n) is 9.86. The van der Waals surface area contributed by atoms with Crippen LogP contribution in [-0.4, -0.2) is 56.7 Å². The first-order valence-electron chi connectivity index (χ1n) is 5.69. The minimum Gasteiger partial charge on any atom is -0.395 e. The van der Waals surface area contributed by atoms with Crippen LogP contribution in [0.25, 0.3) is 5.52 Å². The van der Waals surface area contributed by atoms with Crippen molar-refractivity contribution < 1.29 is 15.0 Å². The summed E-state index contributed by atoms with van der Waals surface area (Å²) >= 11 is 0. The normalized spacial score (nSPS) is 10.8. The maximum absolute atomic E-state index is 12.2. The molecule has 0 bridgehead atoms. The number of hydrogen-bond donors (Lipinski definition) is 2. The summed E-state index contributed by atoms with van der Waals surface area (Å²) in [6.07, 6.45) is 5.08. The van der Waals surface area contributed by atoms with Crippen LogP contribution in [0.1, 0.15) is 10.4 Å². The van der Waals surface area contributed by atoms with Gasteiger partial charge < -0.3 is 19.5 Å². The Balaban J connectivity index is 2.24. The van der Waals surface area contributed by atoms with Crippen molar-refractivity contribution in [1.29, 1.82) is 0 Å². The molecule has 2 rings (SSSR count). The standard InChI is InChI=1S/C12H15N3O3/c16-5-3-14(4-6-17)12(18)10-1-2-15-9-13-8-11(15)7-10/h1-2,7-9,16-17H,3-6H2. The average molecular weight is 249 g/mol. The Morgan fingerprint density at radius 3 is 2.72 bits per heavy atom. The second-order valence-corrected chi connectivity index (χ2v) is 3.88. The van der Waals surface area contributed by atoms with Gasteiger partial charge in [0.05, 0.1) is 31.3 Å². The number of aliphatic hydroxyl groups is 2. The molecule has 0 aliphatic carbocycles. The topological polar surface area (TPSA) is 78.1 Å². The Hall–Kier alpha value is -1.92. The number of hydrogen-bond acceptors (Lipinski definition) is 4. The molecule has 0 atom stereocenters. The Morgan fingerprint density at radius 2 is 2.06 bits per heavy atom. The molecule has 18 heavy (non-hydrogen) atoms. The monoisotopic (exact) mass is 249 g/mol. The summed E-state index contributed by atoms with van der Waals surface area (Å²) in [5.74, 6) is -0.207. The first-order chi connectivity index (χ1) is 8.76. The fourth-order valence-electron chi connectivity index (χ4n) is 1.79. The summed E-state index contributed by atoms with van der Waals surface area (Å²) in [5.41, 5.74) is 1.35. The van der Waals surface area contributed by atoms with Crippen LogP contribution in [0.5, 0.6) is 0 Å². The van der Waals surface area contributed by atoms with Crippen molar-refractivity contribution in [1.82, 2.24) is 14.3 Å². The number of amides is 1. The van der Waals surface area contributed by atoms with E-state index in [1.165, 1.54) is 4.90 Å². The lowest BCUT2D eigenvalue weighted by atomic mass is 10.2. The van der Waals surface area contributed by atoms with Crippen molar-refractivity contribution >= 4 is 11.4 Å². The number of imidazole rings is 1. The van der Waals surface area contributed by atoms with E-state index in [4.69, 9.17) is 10.2 Å². The zero-order valence-corrected chi connectivity index (χ0v) is 9.86. The van der Waals surface area contributed by atoms with Gasteiger partial charge in [0.2, 0.25) is 0 Å². The second-order valence-electron chi connectivity index (χ2n) is 3.88. The molecule has 2 heterocycles. The van der Waals surface area contributed by atoms with E-state index in [2.05, 4.69) is 4.98 Å². The van der Waals surface area contributed by atoms with Gasteiger partial charge in [0.15, 0.2) is 0 Å². The van der Waals surface area contributed by atoms with Crippen molar-refractivity contribution in [2.75, 3.05) is 26.3 Å². The van der Waals surface area contributed by atoms with Gasteiger partial charge in [0, 0.05) is 24.8 Å². The lowest BCUT2D eigenvalue weighted by Gasteiger charge is -2.20. The highest BCUT2D eigenvalue weighted by Crippen LogP contribution is 2.09. The molecule has 0 unspecified atom stereocenters. The van der Waals surface area contributed by atoms with Crippen LogP contribution in [0.4, 0.5) is 0 Å². The molecule has 6 heteroatoms. The molecular formula is C12H15N3O3. The summed E-state index contributed by atoms with van der Waals surface area (Å²) in [5, 5.41) is 17.8. The molecule has 0 aliphatic rings. The molecular weight excluding hydrogens is 234 g/mol. The van der Waals surface area contributed by atoms with Crippen molar-refractivity contribution in [2.24, 2.45) is 0 Å². The van der Waals surface area contributed by atoms with Crippen LogP contribution >= 0.6 is 0 Å². The highest BCUT2D eigenvalue weighted by Gasteiger charge is 2.15. The molecule has 0 fully saturated rings. The molecule has 2 aromatic heterocycles. The van der Waals surface area contributed by atoms with Gasteiger partial charge in [-0.3, -0.25) is 4.79 Å². The number of pyridine rings is 1. The number of rotatable bonds is 5. The molecule has 1 amide bonds. The fraction of sp³-hybridized carbons (Fsp3) is 0.333. The molecule has 0 aliphatic heterocycles. The minimum absolute atomic E-state index is 0.124. The van der Waals surface area contributed by atoms with E-state index in [9.17, 15) is 4.79 Å². The molecule has 0 saturated heterocycles. The van der Waals surface area contributed by atoms with Gasteiger partial charge in [-0.2, -0.15) is 0 Å². The summed E-state index contributed by atoms with van der Waals surface area (Å²) < 4.78 is 1.80. The Bertz CT molecular complexity index is 532. The molecule has 0 saturated carbocycles. The van der Waals surface area contributed by atoms with E-state index in [1.54, 1.807) is 35.3 Å². The predicted molar refractivity (Wildman–Crippen MR) is 65.3 cm³/mol. The van der Waals surface area contributed by atoms with Gasteiger partial charge >= 0.3 is 0 Å². The van der Waals surface area contributed by atoms with Crippen LogP contribution < -0.4 is 0 Å². The Labute approximate surface area is 104 Å². The molecule has 6 nitrogen and oxygen atoms in total. The van der Waals surface area contributed by atoms with E-state index in [-0.39, 0.29) is 32.2 Å². The smallest absolute Gasteiger partial charge is 0.254 e. The lowest BCUT2D eigenvalue weighted by molar-refractivity contribution is 0.0685. The predicted octanol–water partition coefficient (Wildman–Crippen LogP) is -0.239. The van der Waals surface area contributed by atoms with E-state index < -0.39 is 0 Å². The van der Waals surface area contributed by atoms with Crippen LogP contribution in [0.2, 0.25) is 0 Å². The number of carbonyl (C=O) groups is 1. The van der Waals surface area contributed by atoms with E-state index in [0.29, 0.717) is 5.56 Å². The third-order valence-corrected chi connectivity index (χ3v) is 2.69. The van der Waals surface area contributed by atoms with Gasteiger partial charge in [0.25, 0.3) is 5.91 Å². The van der Waals surface area contributed by atoms with Crippen LogP contribution in [0.15, 0.2) is 30.9 Å². The molecule has 0 spiro atoms. The highest BCUT2D eigenvalue weighted by molar-refractivity contribution is 5.95. The van der Waals surface area contributed by atoms with Crippen molar-refractivity contribution in [3.05, 3.63) is 36.4 Å². The lowest BCUT2D eigenvalue weighted by Crippen LogP contribution is -2.35. The maximum Gasteiger partial charge on any atom is 0.254 e. The van der Waals surface area contributed by atoms with Crippen molar-refractivity contribution in [3.8, 4) is 0 Å². The van der Waals surface area contributed by atoms with Gasteiger partial charge in [-0.1, -0.05) is 0 Å². The zero-order chi connectivity index (χ0) is 13.0. The molecule has 2 aromatic rings. The van der Waals surface area contributed by atoms with Crippen molar-refractivity contribution in [3.63, 3.8) is 0 Å². The van der Waals surface area contributed by atoms with Crippen LogP contribution in [0, 0.1) is 0 Å². The summed E-state index contributed by atoms with van der Waals surface area (Å²) in [4.78, 5) is 17.6. The maximum atomic E-state index is 12.2. The van der Waals surface area contributed by atoms with E-state index in [1.807, 2.05) is 0 Å². The Morgan fingerprint density at radius 1 is 1.33 bits per heavy atom. The number of nitrogens with zero attached hydrogens (tertiary/aromatic N) is 3.